The molecule has 15 rings (SSSR count). The molecule has 3 aromatic heterocycles. The highest BCUT2D eigenvalue weighted by atomic mass is 16.5. The SMILES string of the molecule is CCCCc1cc2oc3ccccc3c2c(-c2ccccc2)c1N1c2cc(-n3c4ccccc4c4ccccc43)ccc2B2c3ccc(-n4c5ccccc5c5ccccc54)cc3Oc3cc(C(C)(C)C)cc1c32. The number of aryl methyl sites for hydroxylation is 1. The number of hydrogen-bond donors (Lipinski definition) is 0. The molecule has 0 atom stereocenters. The van der Waals surface area contributed by atoms with Crippen molar-refractivity contribution in [3.8, 4) is 34.0 Å². The molecular formula is C68H52BN3O2. The average Bonchev–Trinajstić information content (AvgIpc) is 4.12. The van der Waals surface area contributed by atoms with Crippen LogP contribution in [0.25, 0.3) is 88.1 Å². The Morgan fingerprint density at radius 1 is 0.486 bits per heavy atom. The summed E-state index contributed by atoms with van der Waals surface area (Å²) in [6.45, 7) is 9.14. The second kappa shape index (κ2) is 16.1. The summed E-state index contributed by atoms with van der Waals surface area (Å²) in [7, 11) is 0. The first-order valence-electron chi connectivity index (χ1n) is 26.3. The van der Waals surface area contributed by atoms with Crippen LogP contribution in [0, 0.1) is 0 Å². The quantitative estimate of drug-likeness (QED) is 0.149. The van der Waals surface area contributed by atoms with E-state index in [1.54, 1.807) is 0 Å². The van der Waals surface area contributed by atoms with Crippen LogP contribution in [0.4, 0.5) is 17.1 Å². The number of nitrogens with zero attached hydrogens (tertiary/aromatic N) is 3. The van der Waals surface area contributed by atoms with Crippen molar-refractivity contribution < 1.29 is 9.15 Å². The molecule has 74 heavy (non-hydrogen) atoms. The van der Waals surface area contributed by atoms with Crippen molar-refractivity contribution in [1.29, 1.82) is 0 Å². The van der Waals surface area contributed by atoms with Crippen molar-refractivity contribution >= 4 is 106 Å². The summed E-state index contributed by atoms with van der Waals surface area (Å²) in [4.78, 5) is 2.65. The Kier molecular flexibility index (Phi) is 9.35. The Balaban J connectivity index is 1.07. The van der Waals surface area contributed by atoms with Gasteiger partial charge < -0.3 is 23.2 Å². The van der Waals surface area contributed by atoms with Gasteiger partial charge in [-0.3, -0.25) is 0 Å². The van der Waals surface area contributed by atoms with Crippen LogP contribution in [0.15, 0.2) is 211 Å². The maximum absolute atomic E-state index is 7.47. The first-order valence-corrected chi connectivity index (χ1v) is 26.3. The Labute approximate surface area is 430 Å². The first-order chi connectivity index (χ1) is 36.3. The van der Waals surface area contributed by atoms with Crippen molar-refractivity contribution in [1.82, 2.24) is 9.13 Å². The molecule has 0 amide bonds. The second-order valence-corrected chi connectivity index (χ2v) is 21.4. The van der Waals surface area contributed by atoms with E-state index < -0.39 is 0 Å². The molecule has 2 aliphatic heterocycles. The van der Waals surface area contributed by atoms with Gasteiger partial charge in [0.25, 0.3) is 6.71 Å². The number of furan rings is 1. The molecule has 0 radical (unpaired) electrons. The minimum atomic E-state index is -0.204. The molecule has 2 aliphatic rings. The monoisotopic (exact) mass is 953 g/mol. The fourth-order valence-corrected chi connectivity index (χ4v) is 12.7. The number of benzene rings is 10. The zero-order chi connectivity index (χ0) is 49.4. The third-order valence-electron chi connectivity index (χ3n) is 16.1. The third kappa shape index (κ3) is 6.24. The van der Waals surface area contributed by atoms with Crippen molar-refractivity contribution in [2.75, 3.05) is 4.90 Å². The summed E-state index contributed by atoms with van der Waals surface area (Å²) in [5.74, 6) is 1.78. The van der Waals surface area contributed by atoms with Crippen molar-refractivity contribution in [2.45, 2.75) is 52.4 Å². The van der Waals surface area contributed by atoms with Crippen LogP contribution in [0.5, 0.6) is 11.5 Å². The molecular weight excluding hydrogens is 902 g/mol. The summed E-state index contributed by atoms with van der Waals surface area (Å²) in [5, 5.41) is 7.20. The van der Waals surface area contributed by atoms with Crippen LogP contribution in [0.1, 0.15) is 51.7 Å². The smallest absolute Gasteiger partial charge is 0.256 e. The predicted octanol–water partition coefficient (Wildman–Crippen LogP) is 16.5. The lowest BCUT2D eigenvalue weighted by Gasteiger charge is -2.42. The Morgan fingerprint density at radius 3 is 1.65 bits per heavy atom. The molecule has 0 saturated carbocycles. The molecule has 0 saturated heterocycles. The van der Waals surface area contributed by atoms with Gasteiger partial charge in [-0.1, -0.05) is 168 Å². The van der Waals surface area contributed by atoms with Crippen LogP contribution in [0.3, 0.4) is 0 Å². The highest BCUT2D eigenvalue weighted by Gasteiger charge is 2.44. The standard InChI is InChI=1S/C68H52BN3O2/c1-5-6-20-43-37-62-65(51-27-14-19-32-60(51)73-62)64(42-21-8-7-9-22-42)67(43)72-58-40-45(70-54-28-15-10-23-47(54)48-24-11-16-29-55(48)70)33-35-52(58)69-53-36-34-46(71-56-30-17-12-25-49(56)50-26-13-18-31-57(50)71)41-61(53)74-63-39-44(68(2,3)4)38-59(72)66(63)69/h7-19,21-41H,5-6,20H2,1-4H3. The summed E-state index contributed by atoms with van der Waals surface area (Å²) < 4.78 is 19.2. The molecule has 354 valence electrons. The number of hydrogen-bond acceptors (Lipinski definition) is 3. The summed E-state index contributed by atoms with van der Waals surface area (Å²) in [5.41, 5.74) is 20.4. The van der Waals surface area contributed by atoms with Crippen LogP contribution in [0.2, 0.25) is 0 Å². The number of para-hydroxylation sites is 5. The van der Waals surface area contributed by atoms with Crippen LogP contribution in [-0.4, -0.2) is 15.8 Å². The Morgan fingerprint density at radius 2 is 1.04 bits per heavy atom. The first kappa shape index (κ1) is 42.9. The number of anilines is 3. The van der Waals surface area contributed by atoms with Gasteiger partial charge in [0.2, 0.25) is 0 Å². The molecule has 0 spiro atoms. The van der Waals surface area contributed by atoms with Crippen LogP contribution < -0.4 is 26.0 Å². The molecule has 6 heteroatoms. The highest BCUT2D eigenvalue weighted by Crippen LogP contribution is 2.52. The normalized spacial score (nSPS) is 13.1. The van der Waals surface area contributed by atoms with Gasteiger partial charge in [0, 0.05) is 66.7 Å². The van der Waals surface area contributed by atoms with Gasteiger partial charge >= 0.3 is 0 Å². The maximum Gasteiger partial charge on any atom is 0.256 e. The minimum Gasteiger partial charge on any atom is -0.458 e. The van der Waals surface area contributed by atoms with Gasteiger partial charge in [-0.15, -0.1) is 0 Å². The highest BCUT2D eigenvalue weighted by molar-refractivity contribution is 6.99. The van der Waals surface area contributed by atoms with Crippen molar-refractivity contribution in [3.05, 3.63) is 217 Å². The summed E-state index contributed by atoms with van der Waals surface area (Å²) >= 11 is 0. The van der Waals surface area contributed by atoms with Gasteiger partial charge in [-0.2, -0.15) is 0 Å². The van der Waals surface area contributed by atoms with Gasteiger partial charge in [0.15, 0.2) is 0 Å². The van der Waals surface area contributed by atoms with E-state index in [0.717, 1.165) is 86.5 Å². The van der Waals surface area contributed by atoms with Crippen LogP contribution in [-0.2, 0) is 11.8 Å². The molecule has 0 bridgehead atoms. The number of fused-ring (bicyclic) bond motifs is 13. The van der Waals surface area contributed by atoms with Crippen molar-refractivity contribution in [2.24, 2.45) is 0 Å². The fourth-order valence-electron chi connectivity index (χ4n) is 12.7. The zero-order valence-electron chi connectivity index (χ0n) is 42.0. The van der Waals surface area contributed by atoms with Gasteiger partial charge in [-0.05, 0) is 118 Å². The molecule has 0 aliphatic carbocycles. The fraction of sp³-hybridized carbons (Fsp3) is 0.118. The minimum absolute atomic E-state index is 0.124. The molecule has 13 aromatic rings. The number of rotatable bonds is 7. The topological polar surface area (TPSA) is 35.5 Å². The van der Waals surface area contributed by atoms with Crippen LogP contribution >= 0.6 is 0 Å². The zero-order valence-corrected chi connectivity index (χ0v) is 42.0. The van der Waals surface area contributed by atoms with Gasteiger partial charge in [-0.25, -0.2) is 0 Å². The number of ether oxygens (including phenoxy) is 1. The van der Waals surface area contributed by atoms with E-state index in [1.807, 2.05) is 0 Å². The van der Waals surface area contributed by atoms with E-state index in [1.165, 1.54) is 76.9 Å². The van der Waals surface area contributed by atoms with E-state index in [4.69, 9.17) is 9.15 Å². The summed E-state index contributed by atoms with van der Waals surface area (Å²) in [6.07, 6.45) is 2.97. The molecule has 5 heterocycles. The van der Waals surface area contributed by atoms with E-state index in [0.29, 0.717) is 0 Å². The third-order valence-corrected chi connectivity index (χ3v) is 16.1. The molecule has 10 aromatic carbocycles. The van der Waals surface area contributed by atoms with E-state index >= 15 is 0 Å². The molecule has 0 unspecified atom stereocenters. The average molecular weight is 954 g/mol. The van der Waals surface area contributed by atoms with Crippen molar-refractivity contribution in [3.63, 3.8) is 0 Å². The predicted molar refractivity (Wildman–Crippen MR) is 311 cm³/mol. The lowest BCUT2D eigenvalue weighted by molar-refractivity contribution is 0.483. The molecule has 0 N–H and O–H groups in total. The lowest BCUT2D eigenvalue weighted by atomic mass is 9.34. The van der Waals surface area contributed by atoms with E-state index in [-0.39, 0.29) is 12.1 Å². The maximum atomic E-state index is 7.47. The lowest BCUT2D eigenvalue weighted by Crippen LogP contribution is -2.59. The second-order valence-electron chi connectivity index (χ2n) is 21.4. The van der Waals surface area contributed by atoms with E-state index in [2.05, 4.69) is 248 Å². The summed E-state index contributed by atoms with van der Waals surface area (Å²) in [6, 6.07) is 76.1. The largest absolute Gasteiger partial charge is 0.458 e. The molecule has 0 fully saturated rings. The number of unbranched alkanes of at least 4 members (excludes halogenated alkanes) is 1. The number of aromatic nitrogens is 2. The molecule has 5 nitrogen and oxygen atoms in total. The Bertz CT molecular complexity index is 4350. The van der Waals surface area contributed by atoms with Gasteiger partial charge in [0.1, 0.15) is 22.7 Å². The Hall–Kier alpha value is -8.74. The van der Waals surface area contributed by atoms with E-state index in [9.17, 15) is 0 Å². The van der Waals surface area contributed by atoms with Gasteiger partial charge in [0.05, 0.1) is 27.8 Å².